The molecule has 0 spiro atoms. The van der Waals surface area contributed by atoms with Crippen LogP contribution in [0.15, 0.2) is 48.5 Å². The van der Waals surface area contributed by atoms with Gasteiger partial charge in [-0.2, -0.15) is 0 Å². The number of nitrogens with one attached hydrogen (secondary N) is 1. The Balaban J connectivity index is 1.87. The number of hydrogen-bond donors (Lipinski definition) is 1. The van der Waals surface area contributed by atoms with Crippen LogP contribution >= 0.6 is 11.6 Å². The molecule has 2 aromatic rings. The van der Waals surface area contributed by atoms with Gasteiger partial charge in [0.25, 0.3) is 5.91 Å². The summed E-state index contributed by atoms with van der Waals surface area (Å²) >= 11 is 5.79. The Kier molecular flexibility index (Phi) is 5.67. The molecule has 5 heteroatoms. The molecule has 0 unspecified atom stereocenters. The quantitative estimate of drug-likeness (QED) is 0.870. The first kappa shape index (κ1) is 16.2. The van der Waals surface area contributed by atoms with Gasteiger partial charge in [-0.15, -0.1) is 0 Å². The number of rotatable bonds is 6. The van der Waals surface area contributed by atoms with Crippen LogP contribution in [0.1, 0.15) is 13.8 Å². The van der Waals surface area contributed by atoms with Crippen LogP contribution in [-0.2, 0) is 4.79 Å². The zero-order valence-corrected chi connectivity index (χ0v) is 13.3. The molecule has 0 radical (unpaired) electrons. The van der Waals surface area contributed by atoms with Crippen molar-refractivity contribution in [2.24, 2.45) is 0 Å². The van der Waals surface area contributed by atoms with E-state index in [2.05, 4.69) is 5.32 Å². The summed E-state index contributed by atoms with van der Waals surface area (Å²) in [6.07, 6.45) is 0.0826. The molecule has 22 heavy (non-hydrogen) atoms. The number of ether oxygens (including phenoxy) is 2. The van der Waals surface area contributed by atoms with E-state index < -0.39 is 0 Å². The first-order valence-corrected chi connectivity index (χ1v) is 7.35. The first-order valence-electron chi connectivity index (χ1n) is 6.98. The average molecular weight is 320 g/mol. The van der Waals surface area contributed by atoms with Crippen LogP contribution in [0.4, 0.5) is 5.69 Å². The molecule has 0 fully saturated rings. The maximum atomic E-state index is 11.9. The highest BCUT2D eigenvalue weighted by atomic mass is 35.5. The lowest BCUT2D eigenvalue weighted by Crippen LogP contribution is -2.20. The lowest BCUT2D eigenvalue weighted by Gasteiger charge is -2.12. The zero-order chi connectivity index (χ0) is 15.9. The highest BCUT2D eigenvalue weighted by molar-refractivity contribution is 6.30. The standard InChI is InChI=1S/C17H18ClNO3/c1-12(2)22-16-5-3-4-14(10-16)19-17(20)11-21-15-8-6-13(18)7-9-15/h3-10,12H,11H2,1-2H3,(H,19,20). The van der Waals surface area contributed by atoms with Crippen molar-refractivity contribution in [3.05, 3.63) is 53.6 Å². The van der Waals surface area contributed by atoms with Crippen LogP contribution < -0.4 is 14.8 Å². The van der Waals surface area contributed by atoms with Crippen molar-refractivity contribution >= 4 is 23.2 Å². The van der Waals surface area contributed by atoms with E-state index in [-0.39, 0.29) is 18.6 Å². The molecule has 0 aliphatic carbocycles. The molecule has 2 aromatic carbocycles. The monoisotopic (exact) mass is 319 g/mol. The summed E-state index contributed by atoms with van der Waals surface area (Å²) in [6, 6.07) is 14.1. The van der Waals surface area contributed by atoms with Gasteiger partial charge in [-0.05, 0) is 50.2 Å². The van der Waals surface area contributed by atoms with E-state index in [1.54, 1.807) is 36.4 Å². The largest absolute Gasteiger partial charge is 0.491 e. The van der Waals surface area contributed by atoms with Crippen LogP contribution in [-0.4, -0.2) is 18.6 Å². The van der Waals surface area contributed by atoms with Gasteiger partial charge < -0.3 is 14.8 Å². The van der Waals surface area contributed by atoms with E-state index in [9.17, 15) is 4.79 Å². The van der Waals surface area contributed by atoms with E-state index in [1.807, 2.05) is 26.0 Å². The second kappa shape index (κ2) is 7.71. The van der Waals surface area contributed by atoms with Gasteiger partial charge >= 0.3 is 0 Å². The average Bonchev–Trinajstić information content (AvgIpc) is 2.46. The Morgan fingerprint density at radius 1 is 1.14 bits per heavy atom. The third-order valence-electron chi connectivity index (χ3n) is 2.67. The third-order valence-corrected chi connectivity index (χ3v) is 2.93. The molecule has 1 amide bonds. The Hall–Kier alpha value is -2.20. The molecule has 116 valence electrons. The topological polar surface area (TPSA) is 47.6 Å². The van der Waals surface area contributed by atoms with Crippen molar-refractivity contribution in [2.45, 2.75) is 20.0 Å². The smallest absolute Gasteiger partial charge is 0.262 e. The normalized spacial score (nSPS) is 10.4. The predicted molar refractivity (Wildman–Crippen MR) is 87.8 cm³/mol. The van der Waals surface area contributed by atoms with Crippen LogP contribution in [0.2, 0.25) is 5.02 Å². The van der Waals surface area contributed by atoms with Gasteiger partial charge in [0, 0.05) is 16.8 Å². The molecule has 0 aliphatic heterocycles. The number of anilines is 1. The number of benzene rings is 2. The molecule has 0 atom stereocenters. The highest BCUT2D eigenvalue weighted by Crippen LogP contribution is 2.19. The molecule has 0 saturated carbocycles. The Morgan fingerprint density at radius 3 is 2.55 bits per heavy atom. The number of amides is 1. The Morgan fingerprint density at radius 2 is 1.86 bits per heavy atom. The van der Waals surface area contributed by atoms with Crippen molar-refractivity contribution in [3.63, 3.8) is 0 Å². The molecular formula is C17H18ClNO3. The van der Waals surface area contributed by atoms with Crippen LogP contribution in [0.25, 0.3) is 0 Å². The van der Waals surface area contributed by atoms with Gasteiger partial charge in [0.05, 0.1) is 6.10 Å². The van der Waals surface area contributed by atoms with Gasteiger partial charge in [0.1, 0.15) is 11.5 Å². The molecular weight excluding hydrogens is 302 g/mol. The number of hydrogen-bond acceptors (Lipinski definition) is 3. The fraction of sp³-hybridized carbons (Fsp3) is 0.235. The summed E-state index contributed by atoms with van der Waals surface area (Å²) in [5.74, 6) is 1.07. The Bertz CT molecular complexity index is 626. The van der Waals surface area contributed by atoms with Crippen molar-refractivity contribution < 1.29 is 14.3 Å². The fourth-order valence-corrected chi connectivity index (χ4v) is 1.92. The molecule has 1 N–H and O–H groups in total. The minimum Gasteiger partial charge on any atom is -0.491 e. The molecule has 0 bridgehead atoms. The van der Waals surface area contributed by atoms with Gasteiger partial charge in [0.15, 0.2) is 6.61 Å². The molecule has 0 aromatic heterocycles. The molecule has 0 heterocycles. The first-order chi connectivity index (χ1) is 10.5. The van der Waals surface area contributed by atoms with Crippen molar-refractivity contribution in [2.75, 3.05) is 11.9 Å². The lowest BCUT2D eigenvalue weighted by molar-refractivity contribution is -0.118. The summed E-state index contributed by atoms with van der Waals surface area (Å²) in [6.45, 7) is 3.83. The predicted octanol–water partition coefficient (Wildman–Crippen LogP) is 4.14. The second-order valence-corrected chi connectivity index (χ2v) is 5.42. The van der Waals surface area contributed by atoms with Gasteiger partial charge in [-0.1, -0.05) is 17.7 Å². The zero-order valence-electron chi connectivity index (χ0n) is 12.5. The van der Waals surface area contributed by atoms with Gasteiger partial charge in [-0.25, -0.2) is 0 Å². The van der Waals surface area contributed by atoms with E-state index in [0.29, 0.717) is 22.2 Å². The number of carbonyl (C=O) groups is 1. The van der Waals surface area contributed by atoms with E-state index in [1.165, 1.54) is 0 Å². The SMILES string of the molecule is CC(C)Oc1cccc(NC(=O)COc2ccc(Cl)cc2)c1. The number of carbonyl (C=O) groups excluding carboxylic acids is 1. The fourth-order valence-electron chi connectivity index (χ4n) is 1.80. The maximum absolute atomic E-state index is 11.9. The molecule has 0 aliphatic rings. The molecule has 0 saturated heterocycles. The van der Waals surface area contributed by atoms with Gasteiger partial charge in [-0.3, -0.25) is 4.79 Å². The van der Waals surface area contributed by atoms with Crippen molar-refractivity contribution in [1.82, 2.24) is 0 Å². The minimum absolute atomic E-state index is 0.0725. The summed E-state index contributed by atoms with van der Waals surface area (Å²) in [5, 5.41) is 3.39. The highest BCUT2D eigenvalue weighted by Gasteiger charge is 2.05. The third kappa shape index (κ3) is 5.30. The van der Waals surface area contributed by atoms with Crippen molar-refractivity contribution in [1.29, 1.82) is 0 Å². The summed E-state index contributed by atoms with van der Waals surface area (Å²) in [7, 11) is 0. The Labute approximate surface area is 135 Å². The maximum Gasteiger partial charge on any atom is 0.262 e. The van der Waals surface area contributed by atoms with Crippen LogP contribution in [0.5, 0.6) is 11.5 Å². The summed E-state index contributed by atoms with van der Waals surface area (Å²) in [5.41, 5.74) is 0.669. The molecule has 2 rings (SSSR count). The van der Waals surface area contributed by atoms with E-state index in [0.717, 1.165) is 0 Å². The second-order valence-electron chi connectivity index (χ2n) is 4.99. The molecule has 4 nitrogen and oxygen atoms in total. The van der Waals surface area contributed by atoms with Crippen LogP contribution in [0.3, 0.4) is 0 Å². The van der Waals surface area contributed by atoms with Crippen LogP contribution in [0, 0.1) is 0 Å². The number of halogens is 1. The van der Waals surface area contributed by atoms with E-state index >= 15 is 0 Å². The lowest BCUT2D eigenvalue weighted by atomic mass is 10.3. The summed E-state index contributed by atoms with van der Waals surface area (Å²) < 4.78 is 11.0. The summed E-state index contributed by atoms with van der Waals surface area (Å²) in [4.78, 5) is 11.9. The van der Waals surface area contributed by atoms with Gasteiger partial charge in [0.2, 0.25) is 0 Å². The van der Waals surface area contributed by atoms with E-state index in [4.69, 9.17) is 21.1 Å². The minimum atomic E-state index is -0.239. The van der Waals surface area contributed by atoms with Crippen molar-refractivity contribution in [3.8, 4) is 11.5 Å².